The molecule has 2 aliphatic heterocycles. The number of piperidine rings is 2. The standard InChI is InChI=1S/C35H62N7O2/c1-25-36-30(38-26-21-32(2,3)41(33(4,5)22-26)43-28-17-13-11-14-18-28)39-31(37-25)40(10)27-23-34(6,7)42(35(8,9)24-27)44-29-19-15-12-16-20-29/h26-29H,10-24H2,1-9H3,(H,36,37,38,39)/q+1. The van der Waals surface area contributed by atoms with Gasteiger partial charge in [-0.15, -0.1) is 0 Å². The third-order valence-corrected chi connectivity index (χ3v) is 10.5. The number of aryl methyl sites for hydroxylation is 1. The molecule has 0 aromatic carbocycles. The third-order valence-electron chi connectivity index (χ3n) is 10.5. The van der Waals surface area contributed by atoms with Gasteiger partial charge in [0.25, 0.3) is 0 Å². The fraction of sp³-hybridized carbons (Fsp3) is 0.886. The van der Waals surface area contributed by atoms with Gasteiger partial charge in [-0.3, -0.25) is 9.68 Å². The number of hydrogen-bond acceptors (Lipinski definition) is 8. The molecule has 9 heteroatoms. The molecule has 0 amide bonds. The molecule has 0 radical (unpaired) electrons. The SMILES string of the molecule is C=[N+](c1nc(C)nc(NC2CC(C)(C)N(OC3CCCCC3)C(C)(C)C2)n1)C1CC(C)(C)N(OC2CCCCC2)C(C)(C)C1. The van der Waals surface area contributed by atoms with Crippen LogP contribution in [-0.4, -0.2) is 82.8 Å². The Morgan fingerprint density at radius 1 is 0.659 bits per heavy atom. The van der Waals surface area contributed by atoms with Crippen LogP contribution in [0.4, 0.5) is 11.9 Å². The molecule has 2 aliphatic carbocycles. The van der Waals surface area contributed by atoms with Gasteiger partial charge in [0.2, 0.25) is 5.82 Å². The third kappa shape index (κ3) is 7.64. The molecule has 4 aliphatic rings. The highest BCUT2D eigenvalue weighted by atomic mass is 16.7. The van der Waals surface area contributed by atoms with E-state index in [0.29, 0.717) is 29.9 Å². The Labute approximate surface area is 267 Å². The molecular weight excluding hydrogens is 550 g/mol. The first-order valence-electron chi connectivity index (χ1n) is 17.6. The summed E-state index contributed by atoms with van der Waals surface area (Å²) in [5.41, 5.74) is -0.530. The zero-order valence-electron chi connectivity index (χ0n) is 29.4. The Kier molecular flexibility index (Phi) is 9.83. The largest absolute Gasteiger partial charge is 0.437 e. The van der Waals surface area contributed by atoms with Crippen LogP contribution in [0.5, 0.6) is 0 Å². The molecule has 0 bridgehead atoms. The Morgan fingerprint density at radius 2 is 1.09 bits per heavy atom. The quantitative estimate of drug-likeness (QED) is 0.239. The van der Waals surface area contributed by atoms with Gasteiger partial charge in [0.1, 0.15) is 0 Å². The number of nitrogens with zero attached hydrogens (tertiary/aromatic N) is 6. The summed E-state index contributed by atoms with van der Waals surface area (Å²) in [6.45, 7) is 24.9. The molecule has 9 nitrogen and oxygen atoms in total. The second-order valence-electron chi connectivity index (χ2n) is 16.9. The van der Waals surface area contributed by atoms with Gasteiger partial charge in [0.15, 0.2) is 0 Å². The van der Waals surface area contributed by atoms with Crippen molar-refractivity contribution in [2.24, 2.45) is 0 Å². The highest BCUT2D eigenvalue weighted by Crippen LogP contribution is 2.43. The molecule has 44 heavy (non-hydrogen) atoms. The Balaban J connectivity index is 1.27. The number of rotatable bonds is 8. The van der Waals surface area contributed by atoms with Crippen LogP contribution < -0.4 is 5.32 Å². The van der Waals surface area contributed by atoms with Crippen LogP contribution in [0.15, 0.2) is 0 Å². The van der Waals surface area contributed by atoms with Gasteiger partial charge in [-0.2, -0.15) is 15.1 Å². The molecule has 1 aromatic heterocycles. The molecule has 3 heterocycles. The highest BCUT2D eigenvalue weighted by Gasteiger charge is 2.50. The number of anilines is 1. The van der Waals surface area contributed by atoms with Crippen LogP contribution in [0.25, 0.3) is 0 Å². The van der Waals surface area contributed by atoms with Gasteiger partial charge in [0, 0.05) is 54.7 Å². The first-order chi connectivity index (χ1) is 20.6. The fourth-order valence-corrected chi connectivity index (χ4v) is 9.01. The molecule has 1 N–H and O–H groups in total. The molecule has 0 spiro atoms. The van der Waals surface area contributed by atoms with Crippen molar-refractivity contribution < 1.29 is 14.3 Å². The van der Waals surface area contributed by atoms with E-state index in [0.717, 1.165) is 38.5 Å². The summed E-state index contributed by atoms with van der Waals surface area (Å²) in [4.78, 5) is 27.9. The molecule has 4 fully saturated rings. The maximum Gasteiger partial charge on any atom is 0.437 e. The topological polar surface area (TPSA) is 78.7 Å². The normalized spacial score (nSPS) is 27.3. The van der Waals surface area contributed by atoms with Crippen LogP contribution in [-0.2, 0) is 9.68 Å². The van der Waals surface area contributed by atoms with E-state index < -0.39 is 0 Å². The van der Waals surface area contributed by atoms with Crippen LogP contribution >= 0.6 is 0 Å². The minimum atomic E-state index is -0.145. The molecule has 1 aromatic rings. The van der Waals surface area contributed by atoms with E-state index in [2.05, 4.69) is 77.6 Å². The Bertz CT molecular complexity index is 1120. The summed E-state index contributed by atoms with van der Waals surface area (Å²) in [5, 5.41) is 8.33. The number of hydroxylamine groups is 4. The maximum absolute atomic E-state index is 6.73. The van der Waals surface area contributed by atoms with Gasteiger partial charge in [-0.05, 0) is 98.9 Å². The fourth-order valence-electron chi connectivity index (χ4n) is 9.01. The summed E-state index contributed by atoms with van der Waals surface area (Å²) in [7, 11) is 0. The van der Waals surface area contributed by atoms with E-state index in [1.807, 2.05) is 11.5 Å². The van der Waals surface area contributed by atoms with Crippen LogP contribution in [0.2, 0.25) is 0 Å². The van der Waals surface area contributed by atoms with E-state index in [1.165, 1.54) is 51.4 Å². The molecule has 0 atom stereocenters. The molecular formula is C35H62N7O2+. The first-order valence-corrected chi connectivity index (χ1v) is 17.6. The summed E-state index contributed by atoms with van der Waals surface area (Å²) in [6.07, 6.45) is 16.8. The summed E-state index contributed by atoms with van der Waals surface area (Å²) in [6, 6.07) is 0.399. The number of aromatic nitrogens is 3. The van der Waals surface area contributed by atoms with E-state index in [9.17, 15) is 0 Å². The average molecular weight is 613 g/mol. The van der Waals surface area contributed by atoms with Crippen molar-refractivity contribution in [1.29, 1.82) is 0 Å². The van der Waals surface area contributed by atoms with Crippen LogP contribution in [0.1, 0.15) is 151 Å². The first kappa shape index (κ1) is 33.7. The zero-order chi connectivity index (χ0) is 31.9. The monoisotopic (exact) mass is 612 g/mol. The van der Waals surface area contributed by atoms with Gasteiger partial charge in [-0.1, -0.05) is 43.5 Å². The minimum absolute atomic E-state index is 0.120. The predicted molar refractivity (Wildman–Crippen MR) is 177 cm³/mol. The van der Waals surface area contributed by atoms with E-state index in [-0.39, 0.29) is 34.2 Å². The molecule has 0 unspecified atom stereocenters. The Hall–Kier alpha value is -1.68. The van der Waals surface area contributed by atoms with Gasteiger partial charge in [-0.25, -0.2) is 4.58 Å². The predicted octanol–water partition coefficient (Wildman–Crippen LogP) is 7.51. The van der Waals surface area contributed by atoms with Crippen molar-refractivity contribution in [3.05, 3.63) is 5.82 Å². The maximum atomic E-state index is 6.73. The van der Waals surface area contributed by atoms with Gasteiger partial charge >= 0.3 is 11.9 Å². The smallest absolute Gasteiger partial charge is 0.337 e. The van der Waals surface area contributed by atoms with Crippen LogP contribution in [0.3, 0.4) is 0 Å². The summed E-state index contributed by atoms with van der Waals surface area (Å²) >= 11 is 0. The van der Waals surface area contributed by atoms with Gasteiger partial charge in [0.05, 0.1) is 18.2 Å². The number of nitrogens with one attached hydrogen (secondary N) is 1. The molecule has 2 saturated carbocycles. The highest BCUT2D eigenvalue weighted by molar-refractivity contribution is 5.32. The van der Waals surface area contributed by atoms with Crippen molar-refractivity contribution in [1.82, 2.24) is 25.1 Å². The van der Waals surface area contributed by atoms with Crippen molar-refractivity contribution in [2.75, 3.05) is 5.32 Å². The van der Waals surface area contributed by atoms with E-state index >= 15 is 0 Å². The average Bonchev–Trinajstić information content (AvgIpc) is 2.92. The van der Waals surface area contributed by atoms with Crippen molar-refractivity contribution in [2.45, 2.75) is 199 Å². The molecule has 5 rings (SSSR count). The van der Waals surface area contributed by atoms with Crippen LogP contribution in [0, 0.1) is 6.92 Å². The summed E-state index contributed by atoms with van der Waals surface area (Å²) < 4.78 is 2.04. The Morgan fingerprint density at radius 3 is 1.55 bits per heavy atom. The van der Waals surface area contributed by atoms with E-state index in [1.54, 1.807) is 0 Å². The lowest BCUT2D eigenvalue weighted by Crippen LogP contribution is -2.63. The van der Waals surface area contributed by atoms with Gasteiger partial charge < -0.3 is 5.32 Å². The number of hydrogen-bond donors (Lipinski definition) is 1. The lowest BCUT2D eigenvalue weighted by atomic mass is 9.78. The zero-order valence-corrected chi connectivity index (χ0v) is 29.4. The van der Waals surface area contributed by atoms with Crippen molar-refractivity contribution in [3.63, 3.8) is 0 Å². The lowest BCUT2D eigenvalue weighted by molar-refractivity contribution is -0.506. The minimum Gasteiger partial charge on any atom is -0.337 e. The summed E-state index contributed by atoms with van der Waals surface area (Å²) in [5.74, 6) is 1.98. The van der Waals surface area contributed by atoms with Crippen molar-refractivity contribution >= 4 is 18.6 Å². The second kappa shape index (κ2) is 12.8. The van der Waals surface area contributed by atoms with Crippen molar-refractivity contribution in [3.8, 4) is 0 Å². The lowest BCUT2D eigenvalue weighted by Gasteiger charge is -2.55. The van der Waals surface area contributed by atoms with E-state index in [4.69, 9.17) is 24.6 Å². The second-order valence-corrected chi connectivity index (χ2v) is 16.9. The molecule has 248 valence electrons. The molecule has 2 saturated heterocycles.